The Kier molecular flexibility index (Phi) is 7.37. The Hall–Kier alpha value is -3.39. The Labute approximate surface area is 302 Å². The second-order valence-electron chi connectivity index (χ2n) is 18.3. The number of nitrogens with zero attached hydrogens (tertiary/aromatic N) is 1. The molecule has 7 heteroatoms. The van der Waals surface area contributed by atoms with E-state index in [4.69, 9.17) is 9.47 Å². The zero-order chi connectivity index (χ0) is 36.8. The Balaban J connectivity index is 1.33. The van der Waals surface area contributed by atoms with Gasteiger partial charge in [0.2, 0.25) is 0 Å². The summed E-state index contributed by atoms with van der Waals surface area (Å²) in [5, 5.41) is 38.1. The fourth-order valence-electron chi connectivity index (χ4n) is 12.7. The number of allylic oxidation sites excluding steroid dienone is 2. The zero-order valence-electron chi connectivity index (χ0n) is 31.7. The molecule has 1 aromatic carbocycles. The average molecular weight is 694 g/mol. The van der Waals surface area contributed by atoms with Gasteiger partial charge in [0.25, 0.3) is 0 Å². The lowest BCUT2D eigenvalue weighted by molar-refractivity contribution is -0.162. The van der Waals surface area contributed by atoms with Crippen molar-refractivity contribution < 1.29 is 29.6 Å². The average Bonchev–Trinajstić information content (AvgIpc) is 3.70. The van der Waals surface area contributed by atoms with E-state index in [1.807, 2.05) is 13.0 Å². The number of aromatic nitrogens is 1. The molecule has 0 amide bonds. The number of aliphatic hydroxyl groups excluding tert-OH is 2. The molecule has 2 aromatic heterocycles. The molecule has 2 saturated carbocycles. The van der Waals surface area contributed by atoms with Crippen molar-refractivity contribution >= 4 is 33.4 Å². The Morgan fingerprint density at radius 3 is 2.53 bits per heavy atom. The fourth-order valence-corrected chi connectivity index (χ4v) is 12.7. The molecular formula is C44H55NO6. The van der Waals surface area contributed by atoms with Crippen molar-refractivity contribution in [3.8, 4) is 5.75 Å². The van der Waals surface area contributed by atoms with E-state index in [1.54, 1.807) is 6.08 Å². The lowest BCUT2D eigenvalue weighted by atomic mass is 9.40. The van der Waals surface area contributed by atoms with Crippen LogP contribution in [0.1, 0.15) is 122 Å². The molecule has 1 aliphatic heterocycles. The van der Waals surface area contributed by atoms with Crippen LogP contribution in [0.3, 0.4) is 0 Å². The van der Waals surface area contributed by atoms with Gasteiger partial charge in [-0.05, 0) is 125 Å². The minimum atomic E-state index is -0.830. The van der Waals surface area contributed by atoms with Gasteiger partial charge >= 0.3 is 5.97 Å². The molecule has 4 aliphatic carbocycles. The summed E-state index contributed by atoms with van der Waals surface area (Å²) in [7, 11) is 0. The van der Waals surface area contributed by atoms with E-state index < -0.39 is 34.8 Å². The topological polar surface area (TPSA) is 101 Å². The number of aliphatic hydroxyl groups is 2. The lowest BCUT2D eigenvalue weighted by Crippen LogP contribution is -2.62. The van der Waals surface area contributed by atoms with Crippen LogP contribution < -0.4 is 0 Å². The molecule has 272 valence electrons. The van der Waals surface area contributed by atoms with Gasteiger partial charge in [0.15, 0.2) is 0 Å². The number of hydrogen-bond acceptors (Lipinski definition) is 6. The molecule has 3 aromatic rings. The molecule has 51 heavy (non-hydrogen) atoms. The van der Waals surface area contributed by atoms with Crippen molar-refractivity contribution in [3.05, 3.63) is 71.6 Å². The summed E-state index contributed by atoms with van der Waals surface area (Å²) in [6.45, 7) is 25.6. The van der Waals surface area contributed by atoms with Gasteiger partial charge in [-0.15, -0.1) is 0 Å². The summed E-state index contributed by atoms with van der Waals surface area (Å²) >= 11 is 0. The molecule has 2 unspecified atom stereocenters. The molecule has 0 spiro atoms. The highest BCUT2D eigenvalue weighted by molar-refractivity contribution is 6.11. The van der Waals surface area contributed by atoms with Crippen LogP contribution in [0, 0.1) is 28.6 Å². The number of carbonyl (C=O) groups is 1. The molecule has 5 aliphatic rings. The first-order valence-corrected chi connectivity index (χ1v) is 18.9. The highest BCUT2D eigenvalue weighted by atomic mass is 16.5. The minimum absolute atomic E-state index is 0.169. The summed E-state index contributed by atoms with van der Waals surface area (Å²) < 4.78 is 14.1. The Morgan fingerprint density at radius 1 is 1.12 bits per heavy atom. The molecular weight excluding hydrogens is 638 g/mol. The monoisotopic (exact) mass is 693 g/mol. The lowest BCUT2D eigenvalue weighted by Gasteiger charge is -2.64. The van der Waals surface area contributed by atoms with E-state index >= 15 is 0 Å². The molecule has 8 rings (SSSR count). The van der Waals surface area contributed by atoms with Crippen molar-refractivity contribution in [1.29, 1.82) is 0 Å². The van der Waals surface area contributed by atoms with E-state index in [0.717, 1.165) is 69.9 Å². The highest BCUT2D eigenvalue weighted by Crippen LogP contribution is 2.71. The molecule has 7 nitrogen and oxygen atoms in total. The van der Waals surface area contributed by atoms with Crippen LogP contribution in [0.4, 0.5) is 0 Å². The van der Waals surface area contributed by atoms with E-state index in [-0.39, 0.29) is 35.0 Å². The number of aromatic hydroxyl groups is 1. The summed E-state index contributed by atoms with van der Waals surface area (Å²) in [5.41, 5.74) is 6.00. The second-order valence-corrected chi connectivity index (χ2v) is 18.3. The maximum atomic E-state index is 12.3. The molecule has 0 saturated heterocycles. The third kappa shape index (κ3) is 4.32. The maximum absolute atomic E-state index is 12.3. The van der Waals surface area contributed by atoms with Crippen molar-refractivity contribution in [2.75, 3.05) is 6.61 Å². The third-order valence-electron chi connectivity index (χ3n) is 14.7. The standard InChI is InChI=1S/C44H55NO6/c1-11-19-50-31(47)13-12-17-42(8)29-15-14-24-20-27-26-21-25-28-22-40(4,5)51-41(6,7)34(28)37(48)32(25)33-36(26)45(35(23(2)3)38(33)49)39(27)44(24,10)43(29,9)18-16-30(42)46/h11-13,21-22,24,29-30,34,37,46,48-49H,1-2,14-20H2,3-10H3/t24?,29-,30-,34?,37+,42-,43-,44+/m0/s1. The van der Waals surface area contributed by atoms with Gasteiger partial charge in [0.05, 0.1) is 34.6 Å². The zero-order valence-corrected chi connectivity index (χ0v) is 31.7. The number of carbonyl (C=O) groups excluding carboxylic acids is 1. The number of esters is 1. The predicted octanol–water partition coefficient (Wildman–Crippen LogP) is 8.59. The van der Waals surface area contributed by atoms with Crippen LogP contribution in [0.25, 0.3) is 27.4 Å². The van der Waals surface area contributed by atoms with E-state index in [1.165, 1.54) is 17.3 Å². The van der Waals surface area contributed by atoms with Gasteiger partial charge in [-0.3, -0.25) is 0 Å². The van der Waals surface area contributed by atoms with Crippen LogP contribution in [0.5, 0.6) is 5.75 Å². The van der Waals surface area contributed by atoms with Gasteiger partial charge in [0.1, 0.15) is 12.4 Å². The first kappa shape index (κ1) is 34.7. The van der Waals surface area contributed by atoms with Gasteiger partial charge in [-0.2, -0.15) is 0 Å². The molecule has 0 radical (unpaired) electrons. The van der Waals surface area contributed by atoms with Crippen LogP contribution in [0.15, 0.2) is 43.5 Å². The largest absolute Gasteiger partial charge is 0.505 e. The summed E-state index contributed by atoms with van der Waals surface area (Å²) in [5.74, 6) is 0.130. The predicted molar refractivity (Wildman–Crippen MR) is 202 cm³/mol. The number of ether oxygens (including phenoxy) is 2. The van der Waals surface area contributed by atoms with Crippen LogP contribution in [0.2, 0.25) is 0 Å². The Bertz CT molecular complexity index is 2080. The quantitative estimate of drug-likeness (QED) is 0.136. The van der Waals surface area contributed by atoms with Gasteiger partial charge in [0, 0.05) is 44.9 Å². The SMILES string of the molecule is C=CCOC(=O)C=CC[C@]1(C)[C@@H](O)CC[C@@]2(C)[C@H]1CCC1Cc3c(n4c(C(=C)C)c(O)c5c6c(cc3c54)C3=CC(C)(C)OC(C)(C)C3[C@@H]6O)[C@@]12C. The first-order chi connectivity index (χ1) is 23.8. The van der Waals surface area contributed by atoms with Crippen LogP contribution in [-0.2, 0) is 26.1 Å². The smallest absolute Gasteiger partial charge is 0.330 e. The maximum Gasteiger partial charge on any atom is 0.330 e. The van der Waals surface area contributed by atoms with Crippen molar-refractivity contribution in [2.45, 2.75) is 123 Å². The second kappa shape index (κ2) is 10.8. The van der Waals surface area contributed by atoms with Crippen molar-refractivity contribution in [1.82, 2.24) is 4.40 Å². The molecule has 8 atom stereocenters. The first-order valence-electron chi connectivity index (χ1n) is 18.9. The highest BCUT2D eigenvalue weighted by Gasteiger charge is 2.67. The number of rotatable bonds is 6. The van der Waals surface area contributed by atoms with Gasteiger partial charge in [-0.1, -0.05) is 46.1 Å². The van der Waals surface area contributed by atoms with Crippen molar-refractivity contribution in [2.24, 2.45) is 28.6 Å². The van der Waals surface area contributed by atoms with Crippen molar-refractivity contribution in [3.63, 3.8) is 0 Å². The molecule has 2 fully saturated rings. The minimum Gasteiger partial charge on any atom is -0.505 e. The Morgan fingerprint density at radius 2 is 1.84 bits per heavy atom. The van der Waals surface area contributed by atoms with Gasteiger partial charge in [-0.25, -0.2) is 4.79 Å². The van der Waals surface area contributed by atoms with E-state index in [0.29, 0.717) is 18.8 Å². The van der Waals surface area contributed by atoms with Gasteiger partial charge < -0.3 is 29.2 Å². The third-order valence-corrected chi connectivity index (χ3v) is 14.7. The normalized spacial score (nSPS) is 36.0. The molecule has 3 heterocycles. The summed E-state index contributed by atoms with van der Waals surface area (Å²) in [4.78, 5) is 12.3. The summed E-state index contributed by atoms with van der Waals surface area (Å²) in [6.07, 6.45) is 10.9. The molecule has 0 bridgehead atoms. The summed E-state index contributed by atoms with van der Waals surface area (Å²) in [6, 6.07) is 2.32. The van der Waals surface area contributed by atoms with E-state index in [9.17, 15) is 20.1 Å². The van der Waals surface area contributed by atoms with Crippen LogP contribution >= 0.6 is 0 Å². The molecule has 3 N–H and O–H groups in total. The van der Waals surface area contributed by atoms with E-state index in [2.05, 4.69) is 78.2 Å². The number of benzene rings is 1. The number of hydrogen-bond donors (Lipinski definition) is 3. The fraction of sp³-hybridized carbons (Fsp3) is 0.568. The number of fused-ring (bicyclic) bond motifs is 11. The van der Waals surface area contributed by atoms with Crippen LogP contribution in [-0.4, -0.2) is 49.6 Å².